The van der Waals surface area contributed by atoms with Gasteiger partial charge in [0.05, 0.1) is 18.3 Å². The van der Waals surface area contributed by atoms with Gasteiger partial charge in [0.1, 0.15) is 11.3 Å². The minimum Gasteiger partial charge on any atom is -0.497 e. The minimum atomic E-state index is -4.01. The Morgan fingerprint density at radius 2 is 1.74 bits per heavy atom. The number of nitrogens with one attached hydrogen (secondary N) is 1. The van der Waals surface area contributed by atoms with Gasteiger partial charge in [-0.05, 0) is 98.0 Å². The second-order valence-corrected chi connectivity index (χ2v) is 18.0. The van der Waals surface area contributed by atoms with Crippen molar-refractivity contribution in [3.8, 4) is 17.0 Å². The summed E-state index contributed by atoms with van der Waals surface area (Å²) in [5.74, 6) is 0.490. The van der Waals surface area contributed by atoms with Gasteiger partial charge in [0.25, 0.3) is 5.91 Å². The van der Waals surface area contributed by atoms with Gasteiger partial charge in [-0.2, -0.15) is 12.7 Å². The monoisotopic (exact) mass is 735 g/mol. The lowest BCUT2D eigenvalue weighted by atomic mass is 9.80. The van der Waals surface area contributed by atoms with Crippen LogP contribution in [0.15, 0.2) is 66.7 Å². The number of aromatic nitrogens is 1. The van der Waals surface area contributed by atoms with E-state index in [4.69, 9.17) is 4.74 Å². The number of ether oxygens (including phenoxy) is 1. The summed E-state index contributed by atoms with van der Waals surface area (Å²) in [6, 6.07) is 22.8. The number of hydrogen-bond acceptors (Lipinski definition) is 6. The summed E-state index contributed by atoms with van der Waals surface area (Å²) in [5, 5.41) is 1.04. The number of piperazine rings is 1. The summed E-state index contributed by atoms with van der Waals surface area (Å²) < 4.78 is 36.8. The van der Waals surface area contributed by atoms with E-state index in [2.05, 4.69) is 55.5 Å². The van der Waals surface area contributed by atoms with Gasteiger partial charge < -0.3 is 14.2 Å². The van der Waals surface area contributed by atoms with Gasteiger partial charge in [-0.25, -0.2) is 4.72 Å². The quantitative estimate of drug-likeness (QED) is 0.238. The topological polar surface area (TPSA) is 104 Å². The third-order valence-electron chi connectivity index (χ3n) is 12.9. The Labute approximate surface area is 312 Å². The molecule has 2 saturated heterocycles. The van der Waals surface area contributed by atoms with Crippen LogP contribution in [0.1, 0.15) is 90.3 Å². The van der Waals surface area contributed by atoms with Gasteiger partial charge in [0.15, 0.2) is 0 Å². The van der Waals surface area contributed by atoms with Crippen LogP contribution in [0.25, 0.3) is 22.2 Å². The highest BCUT2D eigenvalue weighted by Crippen LogP contribution is 2.67. The smallest absolute Gasteiger partial charge is 0.303 e. The lowest BCUT2D eigenvalue weighted by molar-refractivity contribution is -0.142. The van der Waals surface area contributed by atoms with E-state index < -0.39 is 21.7 Å². The number of carbonyl (C=O) groups excluding carboxylic acids is 2. The Hall–Kier alpha value is -4.19. The van der Waals surface area contributed by atoms with E-state index in [0.717, 1.165) is 95.8 Å². The maximum Gasteiger partial charge on any atom is 0.303 e. The molecule has 4 heterocycles. The molecule has 2 unspecified atom stereocenters. The number of nitrogens with zero attached hydrogens (tertiary/aromatic N) is 4. The highest BCUT2D eigenvalue weighted by atomic mass is 32.2. The van der Waals surface area contributed by atoms with Crippen molar-refractivity contribution in [1.82, 2.24) is 23.4 Å². The molecule has 3 aromatic carbocycles. The Morgan fingerprint density at radius 3 is 2.49 bits per heavy atom. The Kier molecular flexibility index (Phi) is 8.47. The maximum absolute atomic E-state index is 15.8. The average Bonchev–Trinajstić information content (AvgIpc) is 3.60. The van der Waals surface area contributed by atoms with Crippen molar-refractivity contribution in [1.29, 1.82) is 0 Å². The molecule has 11 heteroatoms. The molecule has 5 aliphatic rings. The molecule has 3 aliphatic heterocycles. The van der Waals surface area contributed by atoms with Crippen molar-refractivity contribution in [2.45, 2.75) is 87.2 Å². The van der Waals surface area contributed by atoms with Gasteiger partial charge in [-0.3, -0.25) is 14.5 Å². The van der Waals surface area contributed by atoms with Crippen LogP contribution in [-0.2, 0) is 27.0 Å². The van der Waals surface area contributed by atoms with Crippen molar-refractivity contribution in [2.24, 2.45) is 0 Å². The SMILES string of the molecule is COc1ccc2c(c1)C1CC1(C(=O)N1C[C@@H]3CCCN3C[C@@H]1Cc1ccccc1)n1c-2c(C2CCCCC2)c2ccc(C(=O)NS(=O)(=O)N(C)C)cc21. The molecule has 53 heavy (non-hydrogen) atoms. The van der Waals surface area contributed by atoms with Gasteiger partial charge in [-0.1, -0.05) is 55.7 Å². The van der Waals surface area contributed by atoms with Gasteiger partial charge >= 0.3 is 10.2 Å². The molecule has 1 aromatic heterocycles. The largest absolute Gasteiger partial charge is 0.497 e. The van der Waals surface area contributed by atoms with E-state index in [0.29, 0.717) is 24.9 Å². The second kappa shape index (κ2) is 13.0. The van der Waals surface area contributed by atoms with Crippen molar-refractivity contribution in [2.75, 3.05) is 40.8 Å². The fourth-order valence-corrected chi connectivity index (χ4v) is 10.8. The number of methoxy groups -OCH3 is 1. The van der Waals surface area contributed by atoms with E-state index >= 15 is 4.79 Å². The minimum absolute atomic E-state index is 0.0299. The van der Waals surface area contributed by atoms with Crippen molar-refractivity contribution in [3.63, 3.8) is 0 Å². The summed E-state index contributed by atoms with van der Waals surface area (Å²) in [6.07, 6.45) is 9.32. The number of carbonyl (C=O) groups is 2. The van der Waals surface area contributed by atoms with Gasteiger partial charge in [0, 0.05) is 61.7 Å². The molecule has 4 atom stereocenters. The molecule has 278 valence electrons. The first-order valence-electron chi connectivity index (χ1n) is 19.3. The highest BCUT2D eigenvalue weighted by molar-refractivity contribution is 7.87. The molecule has 9 rings (SSSR count). The second-order valence-electron chi connectivity index (χ2n) is 16.1. The summed E-state index contributed by atoms with van der Waals surface area (Å²) in [7, 11) is 0.473. The van der Waals surface area contributed by atoms with Crippen molar-refractivity contribution in [3.05, 3.63) is 89.0 Å². The first-order valence-corrected chi connectivity index (χ1v) is 20.8. The third-order valence-corrected chi connectivity index (χ3v) is 14.3. The van der Waals surface area contributed by atoms with Crippen LogP contribution in [-0.4, -0.2) is 91.8 Å². The summed E-state index contributed by atoms with van der Waals surface area (Å²) in [4.78, 5) is 34.3. The first kappa shape index (κ1) is 34.6. The maximum atomic E-state index is 15.8. The standard InChI is InChI=1S/C42H49N5O5S/c1-44(2)53(50,51)43-40(48)29-16-18-34-37(22-29)47-39(38(34)28-13-8-5-9-14-28)33-19-17-32(52-3)23-35(33)36-24-42(36,47)41(49)46-26-30-15-10-20-45(30)25-31(46)21-27-11-6-4-7-12-27/h4,6-7,11-12,16-19,22-23,28,30-31,36H,5,8-10,13-15,20-21,24-26H2,1-3H3,(H,43,48)/t30-,31-,36?,42?/m0/s1. The highest BCUT2D eigenvalue weighted by Gasteiger charge is 2.68. The van der Waals surface area contributed by atoms with Crippen LogP contribution in [0.4, 0.5) is 0 Å². The average molecular weight is 736 g/mol. The van der Waals surface area contributed by atoms with E-state index in [1.54, 1.807) is 13.2 Å². The molecule has 1 N–H and O–H groups in total. The predicted octanol–water partition coefficient (Wildman–Crippen LogP) is 6.01. The Balaban J connectivity index is 1.24. The molecule has 4 fully saturated rings. The predicted molar refractivity (Wildman–Crippen MR) is 205 cm³/mol. The van der Waals surface area contributed by atoms with Crippen LogP contribution in [0.2, 0.25) is 0 Å². The van der Waals surface area contributed by atoms with Crippen LogP contribution in [0, 0.1) is 0 Å². The molecule has 0 bridgehead atoms. The molecule has 4 aromatic rings. The molecule has 10 nitrogen and oxygen atoms in total. The Morgan fingerprint density at radius 1 is 0.943 bits per heavy atom. The normalized spacial score (nSPS) is 25.4. The van der Waals surface area contributed by atoms with E-state index in [9.17, 15) is 13.2 Å². The van der Waals surface area contributed by atoms with Crippen LogP contribution in [0.3, 0.4) is 0 Å². The van der Waals surface area contributed by atoms with E-state index in [1.165, 1.54) is 31.6 Å². The Bertz CT molecular complexity index is 2210. The summed E-state index contributed by atoms with van der Waals surface area (Å²) >= 11 is 0. The van der Waals surface area contributed by atoms with Crippen LogP contribution >= 0.6 is 0 Å². The third kappa shape index (κ3) is 5.60. The summed E-state index contributed by atoms with van der Waals surface area (Å²) in [6.45, 7) is 2.63. The molecule has 0 spiro atoms. The lowest BCUT2D eigenvalue weighted by Crippen LogP contribution is -2.61. The van der Waals surface area contributed by atoms with Crippen LogP contribution in [0.5, 0.6) is 5.75 Å². The number of benzene rings is 3. The van der Waals surface area contributed by atoms with Crippen LogP contribution < -0.4 is 9.46 Å². The molecule has 2 amide bonds. The molecule has 2 aliphatic carbocycles. The fraction of sp³-hybridized carbons (Fsp3) is 0.476. The zero-order valence-corrected chi connectivity index (χ0v) is 31.7. The fourth-order valence-electron chi connectivity index (χ4n) is 10.2. The number of hydrogen-bond donors (Lipinski definition) is 1. The zero-order valence-electron chi connectivity index (χ0n) is 30.9. The molecular formula is C42H49N5O5S. The van der Waals surface area contributed by atoms with E-state index in [-0.39, 0.29) is 23.4 Å². The number of amides is 2. The van der Waals surface area contributed by atoms with E-state index in [1.807, 2.05) is 24.3 Å². The summed E-state index contributed by atoms with van der Waals surface area (Å²) in [5.41, 5.74) is 6.02. The molecular weight excluding hydrogens is 687 g/mol. The van der Waals surface area contributed by atoms with Crippen molar-refractivity contribution < 1.29 is 22.7 Å². The number of fused-ring (bicyclic) bond motifs is 9. The number of rotatable bonds is 8. The molecule has 0 radical (unpaired) electrons. The van der Waals surface area contributed by atoms with Crippen molar-refractivity contribution >= 4 is 32.9 Å². The van der Waals surface area contributed by atoms with Gasteiger partial charge in [-0.15, -0.1) is 0 Å². The lowest BCUT2D eigenvalue weighted by Gasteiger charge is -2.46. The molecule has 2 saturated carbocycles. The van der Waals surface area contributed by atoms with Gasteiger partial charge in [0.2, 0.25) is 5.91 Å². The first-order chi connectivity index (χ1) is 25.6. The zero-order chi connectivity index (χ0) is 36.6.